The van der Waals surface area contributed by atoms with Gasteiger partial charge in [-0.2, -0.15) is 0 Å². The summed E-state index contributed by atoms with van der Waals surface area (Å²) in [5.74, 6) is 0.683. The third-order valence-electron chi connectivity index (χ3n) is 2.67. The molecule has 1 aliphatic rings. The highest BCUT2D eigenvalue weighted by Crippen LogP contribution is 2.20. The fourth-order valence-corrected chi connectivity index (χ4v) is 2.30. The maximum atomic E-state index is 11.3. The van der Waals surface area contributed by atoms with Gasteiger partial charge in [0.15, 0.2) is 0 Å². The Balaban J connectivity index is 1.89. The van der Waals surface area contributed by atoms with E-state index >= 15 is 0 Å². The topological polar surface area (TPSA) is 57.8 Å². The standard InChI is InChI=1S/C11H14IN3O/c12-9-10(14-7-15-11(9)16)13-6-5-8-3-1-2-4-8/h3,7H,1-2,4-6H2,(H2,13,14,15,16). The lowest BCUT2D eigenvalue weighted by atomic mass is 10.2. The lowest BCUT2D eigenvalue weighted by molar-refractivity contribution is 0.860. The quantitative estimate of drug-likeness (QED) is 0.657. The monoisotopic (exact) mass is 331 g/mol. The maximum Gasteiger partial charge on any atom is 0.266 e. The molecule has 4 nitrogen and oxygen atoms in total. The molecular weight excluding hydrogens is 317 g/mol. The summed E-state index contributed by atoms with van der Waals surface area (Å²) in [7, 11) is 0. The second-order valence-corrected chi connectivity index (χ2v) is 4.90. The SMILES string of the molecule is O=c1[nH]cnc(NCCC2=CCCC2)c1I. The third-order valence-corrected chi connectivity index (χ3v) is 3.67. The summed E-state index contributed by atoms with van der Waals surface area (Å²) in [5.41, 5.74) is 1.44. The zero-order valence-corrected chi connectivity index (χ0v) is 11.1. The van der Waals surface area contributed by atoms with Crippen molar-refractivity contribution in [3.8, 4) is 0 Å². The number of rotatable bonds is 4. The summed E-state index contributed by atoms with van der Waals surface area (Å²) in [6, 6.07) is 0. The summed E-state index contributed by atoms with van der Waals surface area (Å²) in [6.07, 6.45) is 8.53. The van der Waals surface area contributed by atoms with Crippen LogP contribution in [0, 0.1) is 3.57 Å². The van der Waals surface area contributed by atoms with E-state index in [9.17, 15) is 4.79 Å². The molecule has 0 spiro atoms. The van der Waals surface area contributed by atoms with E-state index in [4.69, 9.17) is 0 Å². The lowest BCUT2D eigenvalue weighted by Gasteiger charge is -2.06. The van der Waals surface area contributed by atoms with Crippen LogP contribution in [0.3, 0.4) is 0 Å². The fraction of sp³-hybridized carbons (Fsp3) is 0.455. The van der Waals surface area contributed by atoms with E-state index in [0.29, 0.717) is 9.39 Å². The molecule has 0 bridgehead atoms. The first-order chi connectivity index (χ1) is 7.77. The van der Waals surface area contributed by atoms with Crippen molar-refractivity contribution >= 4 is 28.4 Å². The van der Waals surface area contributed by atoms with Gasteiger partial charge in [-0.1, -0.05) is 11.6 Å². The van der Waals surface area contributed by atoms with Gasteiger partial charge in [0, 0.05) is 6.54 Å². The molecule has 16 heavy (non-hydrogen) atoms. The van der Waals surface area contributed by atoms with Crippen molar-refractivity contribution in [2.75, 3.05) is 11.9 Å². The maximum absolute atomic E-state index is 11.3. The molecule has 2 rings (SSSR count). The summed E-state index contributed by atoms with van der Waals surface area (Å²) < 4.78 is 0.625. The predicted octanol–water partition coefficient (Wildman–Crippen LogP) is 2.29. The number of aromatic nitrogens is 2. The van der Waals surface area contributed by atoms with Crippen LogP contribution < -0.4 is 10.9 Å². The predicted molar refractivity (Wildman–Crippen MR) is 72.6 cm³/mol. The van der Waals surface area contributed by atoms with E-state index in [-0.39, 0.29) is 5.56 Å². The fourth-order valence-electron chi connectivity index (χ4n) is 1.81. The van der Waals surface area contributed by atoms with Gasteiger partial charge in [-0.05, 0) is 48.3 Å². The highest BCUT2D eigenvalue weighted by atomic mass is 127. The van der Waals surface area contributed by atoms with Crippen LogP contribution in [0.2, 0.25) is 0 Å². The smallest absolute Gasteiger partial charge is 0.266 e. The number of allylic oxidation sites excluding steroid dienone is 1. The van der Waals surface area contributed by atoms with Gasteiger partial charge in [0.05, 0.1) is 6.33 Å². The molecule has 2 N–H and O–H groups in total. The van der Waals surface area contributed by atoms with Crippen LogP contribution in [-0.2, 0) is 0 Å². The van der Waals surface area contributed by atoms with Gasteiger partial charge in [-0.15, -0.1) is 0 Å². The Hall–Kier alpha value is -0.850. The van der Waals surface area contributed by atoms with Crippen LogP contribution in [-0.4, -0.2) is 16.5 Å². The van der Waals surface area contributed by atoms with E-state index in [1.165, 1.54) is 31.2 Å². The van der Waals surface area contributed by atoms with Crippen molar-refractivity contribution in [2.24, 2.45) is 0 Å². The minimum atomic E-state index is -0.0850. The van der Waals surface area contributed by atoms with Gasteiger partial charge in [0.1, 0.15) is 9.39 Å². The first kappa shape index (κ1) is 11.6. The number of aromatic amines is 1. The molecule has 0 aliphatic heterocycles. The molecule has 0 saturated heterocycles. The minimum Gasteiger partial charge on any atom is -0.369 e. The Labute approximate surface area is 108 Å². The molecule has 1 aromatic rings. The van der Waals surface area contributed by atoms with E-state index in [0.717, 1.165) is 13.0 Å². The highest BCUT2D eigenvalue weighted by Gasteiger charge is 2.06. The van der Waals surface area contributed by atoms with Gasteiger partial charge >= 0.3 is 0 Å². The van der Waals surface area contributed by atoms with Crippen LogP contribution in [0.1, 0.15) is 25.7 Å². The van der Waals surface area contributed by atoms with Crippen molar-refractivity contribution < 1.29 is 0 Å². The van der Waals surface area contributed by atoms with E-state index in [1.54, 1.807) is 0 Å². The average Bonchev–Trinajstić information content (AvgIpc) is 2.77. The Kier molecular flexibility index (Phi) is 3.98. The molecule has 0 unspecified atom stereocenters. The molecule has 1 aromatic heterocycles. The van der Waals surface area contributed by atoms with Gasteiger partial charge in [0.25, 0.3) is 5.56 Å². The molecular formula is C11H14IN3O. The summed E-state index contributed by atoms with van der Waals surface area (Å²) in [5, 5.41) is 3.20. The minimum absolute atomic E-state index is 0.0850. The van der Waals surface area contributed by atoms with E-state index in [1.807, 2.05) is 22.6 Å². The summed E-state index contributed by atoms with van der Waals surface area (Å²) in [4.78, 5) is 18.0. The number of hydrogen-bond donors (Lipinski definition) is 2. The van der Waals surface area contributed by atoms with Crippen molar-refractivity contribution in [1.29, 1.82) is 0 Å². The molecule has 0 aromatic carbocycles. The number of nitrogens with zero attached hydrogens (tertiary/aromatic N) is 1. The average molecular weight is 331 g/mol. The molecule has 0 atom stereocenters. The van der Waals surface area contributed by atoms with Crippen LogP contribution in [0.4, 0.5) is 5.82 Å². The van der Waals surface area contributed by atoms with Gasteiger partial charge in [-0.3, -0.25) is 4.79 Å². The number of nitrogens with one attached hydrogen (secondary N) is 2. The Morgan fingerprint density at radius 3 is 3.19 bits per heavy atom. The molecule has 0 amide bonds. The first-order valence-electron chi connectivity index (χ1n) is 5.42. The molecule has 0 saturated carbocycles. The largest absolute Gasteiger partial charge is 0.369 e. The van der Waals surface area contributed by atoms with Crippen molar-refractivity contribution in [3.05, 3.63) is 31.9 Å². The van der Waals surface area contributed by atoms with Crippen LogP contribution >= 0.6 is 22.6 Å². The zero-order chi connectivity index (χ0) is 11.4. The zero-order valence-electron chi connectivity index (χ0n) is 8.92. The number of halogens is 1. The number of anilines is 1. The van der Waals surface area contributed by atoms with Crippen LogP contribution in [0.5, 0.6) is 0 Å². The van der Waals surface area contributed by atoms with Crippen molar-refractivity contribution in [1.82, 2.24) is 9.97 Å². The molecule has 5 heteroatoms. The van der Waals surface area contributed by atoms with Crippen molar-refractivity contribution in [2.45, 2.75) is 25.7 Å². The Bertz CT molecular complexity index is 453. The molecule has 0 fully saturated rings. The highest BCUT2D eigenvalue weighted by molar-refractivity contribution is 14.1. The summed E-state index contributed by atoms with van der Waals surface area (Å²) >= 11 is 2.01. The van der Waals surface area contributed by atoms with Gasteiger partial charge in [0.2, 0.25) is 0 Å². The Morgan fingerprint density at radius 1 is 1.56 bits per heavy atom. The van der Waals surface area contributed by atoms with Crippen LogP contribution in [0.15, 0.2) is 22.8 Å². The second kappa shape index (κ2) is 5.47. The second-order valence-electron chi connectivity index (χ2n) is 3.83. The molecule has 1 aliphatic carbocycles. The van der Waals surface area contributed by atoms with Crippen molar-refractivity contribution in [3.63, 3.8) is 0 Å². The Morgan fingerprint density at radius 2 is 2.44 bits per heavy atom. The number of H-pyrrole nitrogens is 1. The van der Waals surface area contributed by atoms with E-state index < -0.39 is 0 Å². The number of hydrogen-bond acceptors (Lipinski definition) is 3. The normalized spacial score (nSPS) is 14.9. The van der Waals surface area contributed by atoms with E-state index in [2.05, 4.69) is 21.4 Å². The van der Waals surface area contributed by atoms with Gasteiger partial charge in [-0.25, -0.2) is 4.98 Å². The first-order valence-corrected chi connectivity index (χ1v) is 6.50. The molecule has 1 heterocycles. The molecule has 0 radical (unpaired) electrons. The summed E-state index contributed by atoms with van der Waals surface area (Å²) in [6.45, 7) is 0.846. The van der Waals surface area contributed by atoms with Crippen LogP contribution in [0.25, 0.3) is 0 Å². The lowest BCUT2D eigenvalue weighted by Crippen LogP contribution is -2.15. The third kappa shape index (κ3) is 2.84. The van der Waals surface area contributed by atoms with Gasteiger partial charge < -0.3 is 10.3 Å². The molecule has 86 valence electrons.